The number of nitrogens with one attached hydrogen (secondary N) is 3. The summed E-state index contributed by atoms with van der Waals surface area (Å²) in [6.07, 6.45) is -1.84. The number of esters is 1. The van der Waals surface area contributed by atoms with Crippen molar-refractivity contribution in [1.82, 2.24) is 15.3 Å². The largest absolute Gasteiger partial charge is 0.476 e. The number of benzene rings is 1. The second-order valence-corrected chi connectivity index (χ2v) is 11.1. The van der Waals surface area contributed by atoms with Crippen LogP contribution in [0.2, 0.25) is 0 Å². The zero-order valence-corrected chi connectivity index (χ0v) is 24.2. The number of amides is 1. The lowest BCUT2D eigenvalue weighted by Crippen LogP contribution is -2.47. The van der Waals surface area contributed by atoms with Crippen LogP contribution in [0.5, 0.6) is 5.75 Å². The van der Waals surface area contributed by atoms with Crippen molar-refractivity contribution < 1.29 is 41.0 Å². The van der Waals surface area contributed by atoms with Crippen molar-refractivity contribution in [3.05, 3.63) is 77.7 Å². The fraction of sp³-hybridized carbons (Fsp3) is 0.400. The van der Waals surface area contributed by atoms with Crippen LogP contribution < -0.4 is 20.7 Å². The van der Waals surface area contributed by atoms with Crippen molar-refractivity contribution in [2.75, 3.05) is 17.2 Å². The minimum Gasteiger partial charge on any atom is -0.476 e. The summed E-state index contributed by atoms with van der Waals surface area (Å²) in [6, 6.07) is 8.04. The number of aromatic nitrogens is 2. The molecule has 0 spiro atoms. The van der Waals surface area contributed by atoms with Crippen LogP contribution in [0.25, 0.3) is 0 Å². The summed E-state index contributed by atoms with van der Waals surface area (Å²) in [7, 11) is 0. The Labute approximate surface area is 250 Å². The standard InChI is InChI=1S/C30H32F5N5O4/c1-28(2,3)44-27(42)24(22-7-5-12-37-22)43-23-16-19(8-9-21(23)29(31,32)30(33,34)35)40-26(41)20-6-4-13-38-25(20)39-17-18-10-14-36-15-11-18/h4,6,8-11,13-16,22,24,37H,5,7,12,17H2,1-3H3,(H,38,39)(H,40,41). The Morgan fingerprint density at radius 3 is 2.41 bits per heavy atom. The molecule has 1 aromatic carbocycles. The molecule has 0 aliphatic carbocycles. The van der Waals surface area contributed by atoms with Gasteiger partial charge in [-0.15, -0.1) is 0 Å². The van der Waals surface area contributed by atoms with Crippen molar-refractivity contribution >= 4 is 23.4 Å². The Morgan fingerprint density at radius 2 is 1.77 bits per heavy atom. The van der Waals surface area contributed by atoms with E-state index in [1.807, 2.05) is 0 Å². The minimum absolute atomic E-state index is 0.0792. The Hall–Kier alpha value is -4.33. The zero-order chi connectivity index (χ0) is 32.1. The molecule has 0 saturated carbocycles. The van der Waals surface area contributed by atoms with Crippen LogP contribution in [0, 0.1) is 0 Å². The highest BCUT2D eigenvalue weighted by Gasteiger charge is 2.60. The maximum absolute atomic E-state index is 14.7. The molecule has 1 amide bonds. The van der Waals surface area contributed by atoms with E-state index in [0.29, 0.717) is 32.0 Å². The van der Waals surface area contributed by atoms with E-state index >= 15 is 0 Å². The third-order valence-corrected chi connectivity index (χ3v) is 6.55. The van der Waals surface area contributed by atoms with E-state index in [1.54, 1.807) is 45.3 Å². The maximum atomic E-state index is 14.7. The topological polar surface area (TPSA) is 114 Å². The Morgan fingerprint density at radius 1 is 1.05 bits per heavy atom. The summed E-state index contributed by atoms with van der Waals surface area (Å²) in [6.45, 7) is 5.55. The molecule has 9 nitrogen and oxygen atoms in total. The van der Waals surface area contributed by atoms with Crippen molar-refractivity contribution in [1.29, 1.82) is 0 Å². The van der Waals surface area contributed by atoms with Gasteiger partial charge in [-0.05, 0) is 82.1 Å². The molecule has 44 heavy (non-hydrogen) atoms. The first-order valence-corrected chi connectivity index (χ1v) is 13.8. The highest BCUT2D eigenvalue weighted by atomic mass is 19.4. The summed E-state index contributed by atoms with van der Waals surface area (Å²) in [5.74, 6) is -7.72. The van der Waals surface area contributed by atoms with Gasteiger partial charge in [-0.2, -0.15) is 22.0 Å². The van der Waals surface area contributed by atoms with Gasteiger partial charge in [0.2, 0.25) is 6.10 Å². The first kappa shape index (κ1) is 32.6. The predicted octanol–water partition coefficient (Wildman–Crippen LogP) is 5.84. The number of hydrogen-bond acceptors (Lipinski definition) is 8. The number of ether oxygens (including phenoxy) is 2. The van der Waals surface area contributed by atoms with Gasteiger partial charge in [-0.1, -0.05) is 0 Å². The number of alkyl halides is 5. The molecule has 3 aromatic rings. The molecule has 1 aliphatic heterocycles. The lowest BCUT2D eigenvalue weighted by molar-refractivity contribution is -0.289. The number of carbonyl (C=O) groups is 2. The lowest BCUT2D eigenvalue weighted by atomic mass is 10.0. The van der Waals surface area contributed by atoms with Crippen LogP contribution >= 0.6 is 0 Å². The molecule has 1 aliphatic rings. The van der Waals surface area contributed by atoms with Crippen molar-refractivity contribution in [3.8, 4) is 5.75 Å². The second kappa shape index (κ2) is 13.1. The van der Waals surface area contributed by atoms with Crippen LogP contribution in [0.1, 0.15) is 55.1 Å². The van der Waals surface area contributed by atoms with Gasteiger partial charge in [0.1, 0.15) is 17.2 Å². The summed E-state index contributed by atoms with van der Waals surface area (Å²) >= 11 is 0. The summed E-state index contributed by atoms with van der Waals surface area (Å²) < 4.78 is 81.0. The number of carbonyl (C=O) groups excluding carboxylic acids is 2. The summed E-state index contributed by atoms with van der Waals surface area (Å²) in [4.78, 5) is 34.4. The van der Waals surface area contributed by atoms with Crippen molar-refractivity contribution in [2.24, 2.45) is 0 Å². The Kier molecular flexibility index (Phi) is 9.72. The number of halogens is 5. The van der Waals surface area contributed by atoms with E-state index in [2.05, 4.69) is 25.9 Å². The minimum atomic E-state index is -5.96. The van der Waals surface area contributed by atoms with Crippen molar-refractivity contribution in [2.45, 2.75) is 70.0 Å². The number of nitrogens with zero attached hydrogens (tertiary/aromatic N) is 2. The van der Waals surface area contributed by atoms with Gasteiger partial charge in [-0.25, -0.2) is 9.78 Å². The normalized spacial score (nSPS) is 16.2. The number of hydrogen-bond donors (Lipinski definition) is 3. The van der Waals surface area contributed by atoms with Gasteiger partial charge in [0.05, 0.1) is 17.2 Å². The molecule has 1 saturated heterocycles. The second-order valence-electron chi connectivity index (χ2n) is 11.1. The van der Waals surface area contributed by atoms with Crippen LogP contribution in [-0.4, -0.2) is 52.3 Å². The molecule has 1 fully saturated rings. The SMILES string of the molecule is CC(C)(C)OC(=O)C(Oc1cc(NC(=O)c2cccnc2NCc2ccncc2)ccc1C(F)(F)C(F)(F)F)C1CCCN1. The average molecular weight is 622 g/mol. The van der Waals surface area contributed by atoms with Gasteiger partial charge in [0.25, 0.3) is 5.91 Å². The first-order valence-electron chi connectivity index (χ1n) is 13.8. The van der Waals surface area contributed by atoms with Crippen LogP contribution in [0.4, 0.5) is 33.5 Å². The number of rotatable bonds is 10. The quantitative estimate of drug-likeness (QED) is 0.191. The van der Waals surface area contributed by atoms with Gasteiger partial charge >= 0.3 is 18.1 Å². The molecular formula is C30H32F5N5O4. The molecule has 3 heterocycles. The summed E-state index contributed by atoms with van der Waals surface area (Å²) in [5, 5.41) is 8.54. The molecule has 3 N–H and O–H groups in total. The molecule has 2 unspecified atom stereocenters. The molecule has 0 bridgehead atoms. The van der Waals surface area contributed by atoms with E-state index in [9.17, 15) is 31.5 Å². The van der Waals surface area contributed by atoms with Crippen molar-refractivity contribution in [3.63, 3.8) is 0 Å². The Bertz CT molecular complexity index is 1460. The molecule has 14 heteroatoms. The highest BCUT2D eigenvalue weighted by molar-refractivity contribution is 6.07. The molecular weight excluding hydrogens is 589 g/mol. The average Bonchev–Trinajstić information content (AvgIpc) is 3.48. The first-order chi connectivity index (χ1) is 20.7. The molecule has 236 valence electrons. The third-order valence-electron chi connectivity index (χ3n) is 6.55. The van der Waals surface area contributed by atoms with Gasteiger partial charge in [0, 0.05) is 36.9 Å². The maximum Gasteiger partial charge on any atom is 0.458 e. The number of pyridine rings is 2. The lowest BCUT2D eigenvalue weighted by Gasteiger charge is -2.30. The van der Waals surface area contributed by atoms with E-state index in [-0.39, 0.29) is 17.1 Å². The monoisotopic (exact) mass is 621 g/mol. The fourth-order valence-corrected chi connectivity index (χ4v) is 4.49. The molecule has 4 rings (SSSR count). The van der Waals surface area contributed by atoms with E-state index < -0.39 is 53.0 Å². The van der Waals surface area contributed by atoms with E-state index in [4.69, 9.17) is 9.47 Å². The van der Waals surface area contributed by atoms with Crippen LogP contribution in [0.15, 0.2) is 61.1 Å². The molecule has 0 radical (unpaired) electrons. The predicted molar refractivity (Wildman–Crippen MR) is 151 cm³/mol. The fourth-order valence-electron chi connectivity index (χ4n) is 4.49. The highest BCUT2D eigenvalue weighted by Crippen LogP contribution is 2.48. The zero-order valence-electron chi connectivity index (χ0n) is 24.2. The molecule has 2 atom stereocenters. The van der Waals surface area contributed by atoms with Gasteiger partial charge < -0.3 is 25.4 Å². The smallest absolute Gasteiger partial charge is 0.458 e. The summed E-state index contributed by atoms with van der Waals surface area (Å²) in [5.41, 5.74) is -1.72. The Balaban J connectivity index is 1.66. The number of anilines is 2. The van der Waals surface area contributed by atoms with E-state index in [0.717, 1.165) is 17.7 Å². The third kappa shape index (κ3) is 7.98. The van der Waals surface area contributed by atoms with Gasteiger partial charge in [-0.3, -0.25) is 9.78 Å². The van der Waals surface area contributed by atoms with Crippen LogP contribution in [0.3, 0.4) is 0 Å². The van der Waals surface area contributed by atoms with E-state index in [1.165, 1.54) is 18.3 Å². The molecule has 2 aromatic heterocycles. The van der Waals surface area contributed by atoms with Crippen LogP contribution in [-0.2, 0) is 22.0 Å². The van der Waals surface area contributed by atoms with Gasteiger partial charge in [0.15, 0.2) is 0 Å².